The van der Waals surface area contributed by atoms with Gasteiger partial charge in [-0.2, -0.15) is 0 Å². The topological polar surface area (TPSA) is 29.5 Å². The van der Waals surface area contributed by atoms with E-state index in [4.69, 9.17) is 4.74 Å². The lowest BCUT2D eigenvalue weighted by atomic mass is 9.96. The van der Waals surface area contributed by atoms with Crippen LogP contribution in [0, 0.1) is 5.41 Å². The van der Waals surface area contributed by atoms with Gasteiger partial charge in [0.1, 0.15) is 6.10 Å². The molecule has 0 radical (unpaired) electrons. The molecule has 0 atom stereocenters. The molecule has 1 aliphatic rings. The minimum atomic E-state index is -0.387. The Labute approximate surface area is 92.8 Å². The first-order valence-corrected chi connectivity index (χ1v) is 5.57. The second-order valence-corrected chi connectivity index (χ2v) is 6.35. The monoisotopic (exact) mass is 213 g/mol. The van der Waals surface area contributed by atoms with Crippen LogP contribution < -0.4 is 0 Å². The molecule has 1 aliphatic heterocycles. The van der Waals surface area contributed by atoms with Crippen LogP contribution in [-0.2, 0) is 9.53 Å². The number of ether oxygens (including phenoxy) is 1. The third kappa shape index (κ3) is 3.20. The van der Waals surface area contributed by atoms with Crippen LogP contribution in [0.2, 0.25) is 0 Å². The summed E-state index contributed by atoms with van der Waals surface area (Å²) in [6.07, 6.45) is 0.0935. The molecule has 0 aromatic rings. The van der Waals surface area contributed by atoms with Crippen LogP contribution in [0.5, 0.6) is 0 Å². The van der Waals surface area contributed by atoms with Crippen LogP contribution in [0.4, 0.5) is 0 Å². The smallest absolute Gasteiger partial charge is 0.311 e. The number of nitrogens with zero attached hydrogens (tertiary/aromatic N) is 1. The van der Waals surface area contributed by atoms with Crippen molar-refractivity contribution in [1.29, 1.82) is 0 Å². The maximum Gasteiger partial charge on any atom is 0.311 e. The Kier molecular flexibility index (Phi) is 3.15. The average molecular weight is 213 g/mol. The van der Waals surface area contributed by atoms with Gasteiger partial charge < -0.3 is 4.74 Å². The van der Waals surface area contributed by atoms with Crippen molar-refractivity contribution >= 4 is 5.97 Å². The van der Waals surface area contributed by atoms with E-state index in [1.165, 1.54) is 0 Å². The lowest BCUT2D eigenvalue weighted by Crippen LogP contribution is -2.60. The highest BCUT2D eigenvalue weighted by Crippen LogP contribution is 2.25. The van der Waals surface area contributed by atoms with E-state index in [0.29, 0.717) is 0 Å². The fourth-order valence-electron chi connectivity index (χ4n) is 1.39. The van der Waals surface area contributed by atoms with Gasteiger partial charge in [0.25, 0.3) is 0 Å². The summed E-state index contributed by atoms with van der Waals surface area (Å²) >= 11 is 0. The molecule has 0 bridgehead atoms. The van der Waals surface area contributed by atoms with Crippen molar-refractivity contribution in [3.63, 3.8) is 0 Å². The molecule has 15 heavy (non-hydrogen) atoms. The molecular formula is C12H23NO2. The Bertz CT molecular complexity index is 241. The molecule has 3 nitrogen and oxygen atoms in total. The van der Waals surface area contributed by atoms with E-state index in [2.05, 4.69) is 25.7 Å². The highest BCUT2D eigenvalue weighted by molar-refractivity contribution is 5.75. The summed E-state index contributed by atoms with van der Waals surface area (Å²) in [5, 5.41) is 0. The van der Waals surface area contributed by atoms with Crippen LogP contribution in [0.25, 0.3) is 0 Å². The minimum Gasteiger partial charge on any atom is -0.459 e. The molecular weight excluding hydrogens is 190 g/mol. The molecule has 88 valence electrons. The maximum atomic E-state index is 11.6. The third-order valence-corrected chi connectivity index (χ3v) is 2.68. The molecule has 3 heteroatoms. The molecule has 1 saturated heterocycles. The standard InChI is InChI=1S/C12H23NO2/c1-11(2,3)10(14)15-9-7-13(8-9)12(4,5)6/h9H,7-8H2,1-6H3. The summed E-state index contributed by atoms with van der Waals surface area (Å²) in [5.74, 6) is -0.0962. The van der Waals surface area contributed by atoms with Crippen molar-refractivity contribution < 1.29 is 9.53 Å². The van der Waals surface area contributed by atoms with Crippen molar-refractivity contribution in [2.45, 2.75) is 53.2 Å². The number of hydrogen-bond donors (Lipinski definition) is 0. The number of likely N-dealkylation sites (tertiary alicyclic amines) is 1. The number of carbonyl (C=O) groups is 1. The number of esters is 1. The van der Waals surface area contributed by atoms with E-state index in [1.54, 1.807) is 0 Å². The van der Waals surface area contributed by atoms with E-state index in [1.807, 2.05) is 20.8 Å². The normalized spacial score (nSPS) is 19.9. The highest BCUT2D eigenvalue weighted by Gasteiger charge is 2.38. The molecule has 0 unspecified atom stereocenters. The van der Waals surface area contributed by atoms with Gasteiger partial charge in [0.05, 0.1) is 5.41 Å². The zero-order chi connectivity index (χ0) is 11.9. The first-order valence-electron chi connectivity index (χ1n) is 5.57. The molecule has 0 aromatic carbocycles. The number of rotatable bonds is 1. The van der Waals surface area contributed by atoms with Gasteiger partial charge in [-0.3, -0.25) is 9.69 Å². The predicted molar refractivity (Wildman–Crippen MR) is 60.7 cm³/mol. The maximum absolute atomic E-state index is 11.6. The highest BCUT2D eigenvalue weighted by atomic mass is 16.5. The van der Waals surface area contributed by atoms with Gasteiger partial charge in [0, 0.05) is 18.6 Å². The average Bonchev–Trinajstić information content (AvgIpc) is 1.90. The molecule has 0 aromatic heterocycles. The molecule has 0 N–H and O–H groups in total. The SMILES string of the molecule is CC(C)(C)C(=O)OC1CN(C(C)(C)C)C1. The third-order valence-electron chi connectivity index (χ3n) is 2.68. The molecule has 0 aliphatic carbocycles. The van der Waals surface area contributed by atoms with Crippen molar-refractivity contribution in [3.8, 4) is 0 Å². The first kappa shape index (κ1) is 12.5. The van der Waals surface area contributed by atoms with E-state index < -0.39 is 0 Å². The molecule has 1 fully saturated rings. The summed E-state index contributed by atoms with van der Waals surface area (Å²) in [5.41, 5.74) is -0.202. The van der Waals surface area contributed by atoms with Gasteiger partial charge in [-0.1, -0.05) is 0 Å². The van der Waals surface area contributed by atoms with Crippen molar-refractivity contribution in [1.82, 2.24) is 4.90 Å². The van der Waals surface area contributed by atoms with Crippen LogP contribution in [0.3, 0.4) is 0 Å². The van der Waals surface area contributed by atoms with Crippen LogP contribution >= 0.6 is 0 Å². The minimum absolute atomic E-state index is 0.0935. The lowest BCUT2D eigenvalue weighted by molar-refractivity contribution is -0.170. The van der Waals surface area contributed by atoms with Crippen LogP contribution in [-0.4, -0.2) is 35.6 Å². The summed E-state index contributed by atoms with van der Waals surface area (Å²) < 4.78 is 5.40. The van der Waals surface area contributed by atoms with Crippen molar-refractivity contribution in [3.05, 3.63) is 0 Å². The fraction of sp³-hybridized carbons (Fsp3) is 0.917. The van der Waals surface area contributed by atoms with Gasteiger partial charge in [-0.05, 0) is 41.5 Å². The largest absolute Gasteiger partial charge is 0.459 e. The quantitative estimate of drug-likeness (QED) is 0.624. The zero-order valence-electron chi connectivity index (χ0n) is 10.8. The molecule has 1 heterocycles. The number of hydrogen-bond acceptors (Lipinski definition) is 3. The summed E-state index contributed by atoms with van der Waals surface area (Å²) in [7, 11) is 0. The summed E-state index contributed by atoms with van der Waals surface area (Å²) in [6.45, 7) is 13.9. The van der Waals surface area contributed by atoms with E-state index in [-0.39, 0.29) is 23.0 Å². The van der Waals surface area contributed by atoms with Crippen LogP contribution in [0.15, 0.2) is 0 Å². The Balaban J connectivity index is 2.33. The second kappa shape index (κ2) is 3.78. The molecule has 1 rings (SSSR count). The van der Waals surface area contributed by atoms with Gasteiger partial charge in [0.15, 0.2) is 0 Å². The Hall–Kier alpha value is -0.570. The van der Waals surface area contributed by atoms with Gasteiger partial charge >= 0.3 is 5.97 Å². The van der Waals surface area contributed by atoms with Gasteiger partial charge in [-0.15, -0.1) is 0 Å². The fourth-order valence-corrected chi connectivity index (χ4v) is 1.39. The van der Waals surface area contributed by atoms with Gasteiger partial charge in [0.2, 0.25) is 0 Å². The Morgan fingerprint density at radius 2 is 1.60 bits per heavy atom. The van der Waals surface area contributed by atoms with Crippen molar-refractivity contribution in [2.24, 2.45) is 5.41 Å². The van der Waals surface area contributed by atoms with Crippen LogP contribution in [0.1, 0.15) is 41.5 Å². The molecule has 0 amide bonds. The molecule has 0 spiro atoms. The molecule has 0 saturated carbocycles. The Morgan fingerprint density at radius 1 is 1.13 bits per heavy atom. The van der Waals surface area contributed by atoms with Gasteiger partial charge in [-0.25, -0.2) is 0 Å². The van der Waals surface area contributed by atoms with E-state index in [0.717, 1.165) is 13.1 Å². The van der Waals surface area contributed by atoms with E-state index in [9.17, 15) is 4.79 Å². The van der Waals surface area contributed by atoms with E-state index >= 15 is 0 Å². The lowest BCUT2D eigenvalue weighted by Gasteiger charge is -2.47. The Morgan fingerprint density at radius 3 is 1.93 bits per heavy atom. The predicted octanol–water partition coefficient (Wildman–Crippen LogP) is 2.06. The number of carbonyl (C=O) groups excluding carboxylic acids is 1. The summed E-state index contributed by atoms with van der Waals surface area (Å²) in [4.78, 5) is 13.9. The zero-order valence-corrected chi connectivity index (χ0v) is 10.8. The second-order valence-electron chi connectivity index (χ2n) is 6.35. The first-order chi connectivity index (χ1) is 6.60. The summed E-state index contributed by atoms with van der Waals surface area (Å²) in [6, 6.07) is 0. The van der Waals surface area contributed by atoms with Crippen molar-refractivity contribution in [2.75, 3.05) is 13.1 Å².